The van der Waals surface area contributed by atoms with Crippen molar-refractivity contribution in [3.05, 3.63) is 0 Å². The SMILES string of the molecule is CNC1(C(=O)OC)CCC(N2CCC(OC)C2)C1. The highest BCUT2D eigenvalue weighted by molar-refractivity contribution is 5.81. The highest BCUT2D eigenvalue weighted by Gasteiger charge is 2.47. The van der Waals surface area contributed by atoms with Gasteiger partial charge in [-0.2, -0.15) is 0 Å². The monoisotopic (exact) mass is 256 g/mol. The number of ether oxygens (including phenoxy) is 2. The highest BCUT2D eigenvalue weighted by atomic mass is 16.5. The third kappa shape index (κ3) is 2.39. The molecule has 0 spiro atoms. The molecule has 0 aromatic heterocycles. The molecule has 1 aliphatic carbocycles. The van der Waals surface area contributed by atoms with Crippen LogP contribution < -0.4 is 5.32 Å². The van der Waals surface area contributed by atoms with Gasteiger partial charge in [-0.25, -0.2) is 0 Å². The first-order chi connectivity index (χ1) is 8.65. The first kappa shape index (κ1) is 13.8. The molecule has 0 aromatic carbocycles. The lowest BCUT2D eigenvalue weighted by atomic mass is 9.97. The van der Waals surface area contributed by atoms with E-state index in [1.165, 1.54) is 7.11 Å². The minimum Gasteiger partial charge on any atom is -0.468 e. The number of carbonyl (C=O) groups excluding carboxylic acids is 1. The molecule has 0 bridgehead atoms. The van der Waals surface area contributed by atoms with Crippen molar-refractivity contribution in [2.45, 2.75) is 43.4 Å². The molecule has 104 valence electrons. The predicted octanol–water partition coefficient (Wildman–Crippen LogP) is 0.391. The maximum absolute atomic E-state index is 11.9. The Kier molecular flexibility index (Phi) is 4.25. The van der Waals surface area contributed by atoms with Crippen LogP contribution in [0.2, 0.25) is 0 Å². The average Bonchev–Trinajstić information content (AvgIpc) is 3.04. The second kappa shape index (κ2) is 5.55. The van der Waals surface area contributed by atoms with Gasteiger partial charge in [0.2, 0.25) is 0 Å². The van der Waals surface area contributed by atoms with Gasteiger partial charge in [-0.3, -0.25) is 9.69 Å². The van der Waals surface area contributed by atoms with Crippen LogP contribution in [0.15, 0.2) is 0 Å². The number of hydrogen-bond acceptors (Lipinski definition) is 5. The Hall–Kier alpha value is -0.650. The molecule has 2 fully saturated rings. The van der Waals surface area contributed by atoms with Crippen LogP contribution in [0.25, 0.3) is 0 Å². The summed E-state index contributed by atoms with van der Waals surface area (Å²) >= 11 is 0. The number of hydrogen-bond donors (Lipinski definition) is 1. The summed E-state index contributed by atoms with van der Waals surface area (Å²) < 4.78 is 10.3. The number of nitrogens with zero attached hydrogens (tertiary/aromatic N) is 1. The van der Waals surface area contributed by atoms with E-state index in [2.05, 4.69) is 10.2 Å². The molecule has 5 heteroatoms. The summed E-state index contributed by atoms with van der Waals surface area (Å²) in [7, 11) is 5.09. The number of likely N-dealkylation sites (tertiary alicyclic amines) is 1. The van der Waals surface area contributed by atoms with Crippen molar-refractivity contribution in [2.75, 3.05) is 34.4 Å². The molecule has 0 aromatic rings. The quantitative estimate of drug-likeness (QED) is 0.738. The summed E-state index contributed by atoms with van der Waals surface area (Å²) in [4.78, 5) is 14.4. The molecule has 1 saturated carbocycles. The molecule has 5 nitrogen and oxygen atoms in total. The molecule has 18 heavy (non-hydrogen) atoms. The molecule has 1 heterocycles. The molecular formula is C13H24N2O3. The Morgan fingerprint density at radius 2 is 2.17 bits per heavy atom. The van der Waals surface area contributed by atoms with Gasteiger partial charge in [0.15, 0.2) is 0 Å². The summed E-state index contributed by atoms with van der Waals surface area (Å²) in [6.45, 7) is 2.06. The number of methoxy groups -OCH3 is 2. The van der Waals surface area contributed by atoms with Crippen molar-refractivity contribution in [1.82, 2.24) is 10.2 Å². The van der Waals surface area contributed by atoms with E-state index in [1.54, 1.807) is 7.11 Å². The van der Waals surface area contributed by atoms with E-state index < -0.39 is 5.54 Å². The second-order valence-corrected chi connectivity index (χ2v) is 5.36. The Bertz CT molecular complexity index is 311. The lowest BCUT2D eigenvalue weighted by molar-refractivity contribution is -0.148. The summed E-state index contributed by atoms with van der Waals surface area (Å²) in [5.41, 5.74) is -0.482. The van der Waals surface area contributed by atoms with Crippen molar-refractivity contribution >= 4 is 5.97 Å². The molecule has 2 aliphatic rings. The van der Waals surface area contributed by atoms with Gasteiger partial charge >= 0.3 is 5.97 Å². The highest BCUT2D eigenvalue weighted by Crippen LogP contribution is 2.35. The van der Waals surface area contributed by atoms with Gasteiger partial charge in [0.1, 0.15) is 5.54 Å². The van der Waals surface area contributed by atoms with E-state index in [1.807, 2.05) is 7.05 Å². The number of esters is 1. The molecule has 0 radical (unpaired) electrons. The van der Waals surface area contributed by atoms with Crippen LogP contribution in [-0.2, 0) is 14.3 Å². The van der Waals surface area contributed by atoms with Crippen molar-refractivity contribution in [2.24, 2.45) is 0 Å². The fourth-order valence-corrected chi connectivity index (χ4v) is 3.32. The molecule has 3 unspecified atom stereocenters. The zero-order valence-electron chi connectivity index (χ0n) is 11.6. The molecule has 3 atom stereocenters. The largest absolute Gasteiger partial charge is 0.468 e. The topological polar surface area (TPSA) is 50.8 Å². The maximum Gasteiger partial charge on any atom is 0.326 e. The van der Waals surface area contributed by atoms with Crippen molar-refractivity contribution in [3.8, 4) is 0 Å². The van der Waals surface area contributed by atoms with Gasteiger partial charge < -0.3 is 14.8 Å². The van der Waals surface area contributed by atoms with Crippen LogP contribution in [0.3, 0.4) is 0 Å². The lowest BCUT2D eigenvalue weighted by Crippen LogP contribution is -2.50. The molecule has 0 amide bonds. The number of carbonyl (C=O) groups is 1. The molecule has 2 rings (SSSR count). The minimum absolute atomic E-state index is 0.130. The Labute approximate surface area is 109 Å². The first-order valence-corrected chi connectivity index (χ1v) is 6.69. The van der Waals surface area contributed by atoms with Crippen LogP contribution in [0.5, 0.6) is 0 Å². The average molecular weight is 256 g/mol. The Morgan fingerprint density at radius 1 is 1.39 bits per heavy atom. The van der Waals surface area contributed by atoms with Crippen molar-refractivity contribution < 1.29 is 14.3 Å². The van der Waals surface area contributed by atoms with Crippen molar-refractivity contribution in [3.63, 3.8) is 0 Å². The van der Waals surface area contributed by atoms with Gasteiger partial charge in [0, 0.05) is 26.2 Å². The van der Waals surface area contributed by atoms with Gasteiger partial charge in [-0.15, -0.1) is 0 Å². The smallest absolute Gasteiger partial charge is 0.326 e. The molecule has 1 aliphatic heterocycles. The number of rotatable bonds is 4. The van der Waals surface area contributed by atoms with Crippen LogP contribution in [-0.4, -0.2) is 62.9 Å². The third-order valence-corrected chi connectivity index (χ3v) is 4.57. The fraction of sp³-hybridized carbons (Fsp3) is 0.923. The van der Waals surface area contributed by atoms with Gasteiger partial charge in [0.05, 0.1) is 13.2 Å². The maximum atomic E-state index is 11.9. The van der Waals surface area contributed by atoms with Gasteiger partial charge in [0.25, 0.3) is 0 Å². The van der Waals surface area contributed by atoms with Crippen LogP contribution in [0.4, 0.5) is 0 Å². The van der Waals surface area contributed by atoms with E-state index in [-0.39, 0.29) is 5.97 Å². The predicted molar refractivity (Wildman–Crippen MR) is 68.4 cm³/mol. The lowest BCUT2D eigenvalue weighted by Gasteiger charge is -2.28. The van der Waals surface area contributed by atoms with Gasteiger partial charge in [-0.1, -0.05) is 0 Å². The minimum atomic E-state index is -0.482. The number of likely N-dealkylation sites (N-methyl/N-ethyl adjacent to an activating group) is 1. The zero-order chi connectivity index (χ0) is 13.2. The zero-order valence-corrected chi connectivity index (χ0v) is 11.6. The second-order valence-electron chi connectivity index (χ2n) is 5.36. The normalized spacial score (nSPS) is 37.1. The summed E-state index contributed by atoms with van der Waals surface area (Å²) in [6.07, 6.45) is 4.19. The Balaban J connectivity index is 1.97. The summed E-state index contributed by atoms with van der Waals surface area (Å²) in [6, 6.07) is 0.469. The standard InChI is InChI=1S/C13H24N2O3/c1-14-13(12(16)18-3)6-4-10(8-13)15-7-5-11(9-15)17-2/h10-11,14H,4-9H2,1-3H3. The fourth-order valence-electron chi connectivity index (χ4n) is 3.32. The van der Waals surface area contributed by atoms with Crippen molar-refractivity contribution in [1.29, 1.82) is 0 Å². The molecule has 1 saturated heterocycles. The van der Waals surface area contributed by atoms with Crippen LogP contribution >= 0.6 is 0 Å². The first-order valence-electron chi connectivity index (χ1n) is 6.69. The molecular weight excluding hydrogens is 232 g/mol. The van der Waals surface area contributed by atoms with Crippen LogP contribution in [0.1, 0.15) is 25.7 Å². The van der Waals surface area contributed by atoms with E-state index in [9.17, 15) is 4.79 Å². The summed E-state index contributed by atoms with van der Waals surface area (Å²) in [5, 5.41) is 3.17. The number of nitrogens with one attached hydrogen (secondary N) is 1. The van der Waals surface area contributed by atoms with E-state index >= 15 is 0 Å². The van der Waals surface area contributed by atoms with E-state index in [4.69, 9.17) is 9.47 Å². The van der Waals surface area contributed by atoms with Gasteiger partial charge in [-0.05, 0) is 32.7 Å². The van der Waals surface area contributed by atoms with E-state index in [0.717, 1.165) is 38.8 Å². The molecule has 1 N–H and O–H groups in total. The third-order valence-electron chi connectivity index (χ3n) is 4.57. The van der Waals surface area contributed by atoms with E-state index in [0.29, 0.717) is 12.1 Å². The summed E-state index contributed by atoms with van der Waals surface area (Å²) in [5.74, 6) is -0.130. The van der Waals surface area contributed by atoms with Crippen LogP contribution in [0, 0.1) is 0 Å². The Morgan fingerprint density at radius 3 is 2.72 bits per heavy atom.